The van der Waals surface area contributed by atoms with E-state index in [4.69, 9.17) is 4.74 Å². The second-order valence-electron chi connectivity index (χ2n) is 8.36. The SMILES string of the molecule is COCCN1CC[C@]23CCCC[C@H]2[C@H]1Cc1ccc(OS(=O)(=O)C(F)(F)F)cc13. The van der Waals surface area contributed by atoms with E-state index in [0.29, 0.717) is 18.6 Å². The molecule has 29 heavy (non-hydrogen) atoms. The van der Waals surface area contributed by atoms with Crippen LogP contribution in [0.1, 0.15) is 43.2 Å². The lowest BCUT2D eigenvalue weighted by atomic mass is 9.52. The molecule has 4 rings (SSSR count). The molecule has 1 aromatic carbocycles. The number of rotatable bonds is 5. The predicted octanol–water partition coefficient (Wildman–Crippen LogP) is 3.62. The highest BCUT2D eigenvalue weighted by Gasteiger charge is 2.54. The maximum absolute atomic E-state index is 12.7. The number of hydrogen-bond donors (Lipinski definition) is 0. The first-order valence-corrected chi connectivity index (χ1v) is 11.5. The van der Waals surface area contributed by atoms with E-state index >= 15 is 0 Å². The van der Waals surface area contributed by atoms with Crippen LogP contribution in [-0.2, 0) is 26.7 Å². The molecule has 1 aliphatic heterocycles. The summed E-state index contributed by atoms with van der Waals surface area (Å²) < 4.78 is 70.9. The summed E-state index contributed by atoms with van der Waals surface area (Å²) in [6.45, 7) is 2.45. The Hall–Kier alpha value is -1.32. The Morgan fingerprint density at radius 3 is 2.76 bits per heavy atom. The predicted molar refractivity (Wildman–Crippen MR) is 101 cm³/mol. The lowest BCUT2D eigenvalue weighted by molar-refractivity contribution is -0.0500. The molecule has 9 heteroatoms. The van der Waals surface area contributed by atoms with E-state index in [1.54, 1.807) is 19.2 Å². The molecule has 0 N–H and O–H groups in total. The third-order valence-corrected chi connectivity index (χ3v) is 7.97. The quantitative estimate of drug-likeness (QED) is 0.525. The number of hydrogen-bond acceptors (Lipinski definition) is 5. The van der Waals surface area contributed by atoms with E-state index in [1.165, 1.54) is 6.07 Å². The van der Waals surface area contributed by atoms with Crippen molar-refractivity contribution in [2.24, 2.45) is 5.92 Å². The number of alkyl halides is 3. The number of likely N-dealkylation sites (tertiary alicyclic amines) is 1. The summed E-state index contributed by atoms with van der Waals surface area (Å²) in [7, 11) is -3.98. The Balaban J connectivity index is 1.70. The van der Waals surface area contributed by atoms with Crippen LogP contribution in [0.25, 0.3) is 0 Å². The van der Waals surface area contributed by atoms with Crippen LogP contribution < -0.4 is 4.18 Å². The van der Waals surface area contributed by atoms with Gasteiger partial charge in [-0.05, 0) is 61.4 Å². The first kappa shape index (κ1) is 20.9. The first-order valence-electron chi connectivity index (χ1n) is 10.0. The maximum Gasteiger partial charge on any atom is 0.534 e. The highest BCUT2D eigenvalue weighted by Crippen LogP contribution is 2.56. The Labute approximate surface area is 169 Å². The molecule has 2 fully saturated rings. The van der Waals surface area contributed by atoms with Gasteiger partial charge in [-0.15, -0.1) is 0 Å². The van der Waals surface area contributed by atoms with Gasteiger partial charge in [0.1, 0.15) is 5.75 Å². The van der Waals surface area contributed by atoms with Crippen molar-refractivity contribution in [3.05, 3.63) is 29.3 Å². The summed E-state index contributed by atoms with van der Waals surface area (Å²) in [5, 5.41) is 0. The molecule has 3 aliphatic rings. The molecular formula is C20H26F3NO4S. The van der Waals surface area contributed by atoms with Gasteiger partial charge < -0.3 is 8.92 Å². The van der Waals surface area contributed by atoms with Crippen molar-refractivity contribution in [1.29, 1.82) is 0 Å². The molecule has 0 unspecified atom stereocenters. The van der Waals surface area contributed by atoms with Crippen molar-refractivity contribution in [3.63, 3.8) is 0 Å². The monoisotopic (exact) mass is 433 g/mol. The fraction of sp³-hybridized carbons (Fsp3) is 0.700. The van der Waals surface area contributed by atoms with Gasteiger partial charge >= 0.3 is 15.6 Å². The Morgan fingerprint density at radius 1 is 1.24 bits per heavy atom. The van der Waals surface area contributed by atoms with Gasteiger partial charge in [-0.2, -0.15) is 21.6 Å². The third kappa shape index (κ3) is 3.55. The van der Waals surface area contributed by atoms with Crippen LogP contribution in [0.3, 0.4) is 0 Å². The second kappa shape index (κ2) is 7.42. The minimum atomic E-state index is -5.67. The molecule has 0 amide bonds. The maximum atomic E-state index is 12.7. The smallest absolute Gasteiger partial charge is 0.383 e. The van der Waals surface area contributed by atoms with Gasteiger partial charge in [0.15, 0.2) is 0 Å². The highest BCUT2D eigenvalue weighted by atomic mass is 32.2. The van der Waals surface area contributed by atoms with Gasteiger partial charge in [0.25, 0.3) is 0 Å². The summed E-state index contributed by atoms with van der Waals surface area (Å²) in [4.78, 5) is 2.49. The minimum absolute atomic E-state index is 0.110. The fourth-order valence-corrected chi connectivity index (χ4v) is 6.23. The van der Waals surface area contributed by atoms with E-state index in [2.05, 4.69) is 9.08 Å². The molecule has 5 nitrogen and oxygen atoms in total. The summed E-state index contributed by atoms with van der Waals surface area (Å²) in [6.07, 6.45) is 6.02. The fourth-order valence-electron chi connectivity index (χ4n) is 5.78. The Kier molecular flexibility index (Phi) is 5.36. The van der Waals surface area contributed by atoms with E-state index in [-0.39, 0.29) is 11.2 Å². The molecular weight excluding hydrogens is 407 g/mol. The van der Waals surface area contributed by atoms with E-state index in [9.17, 15) is 21.6 Å². The van der Waals surface area contributed by atoms with Crippen molar-refractivity contribution in [3.8, 4) is 5.75 Å². The van der Waals surface area contributed by atoms with E-state index in [1.807, 2.05) is 0 Å². The number of ether oxygens (including phenoxy) is 1. The summed E-state index contributed by atoms with van der Waals surface area (Å²) >= 11 is 0. The van der Waals surface area contributed by atoms with E-state index < -0.39 is 15.6 Å². The zero-order valence-corrected chi connectivity index (χ0v) is 17.2. The summed E-state index contributed by atoms with van der Waals surface area (Å²) in [5.41, 5.74) is -3.47. The average molecular weight is 433 g/mol. The van der Waals surface area contributed by atoms with Crippen molar-refractivity contribution in [2.45, 2.75) is 55.5 Å². The van der Waals surface area contributed by atoms with Crippen LogP contribution in [0, 0.1) is 5.92 Å². The highest BCUT2D eigenvalue weighted by molar-refractivity contribution is 7.88. The average Bonchev–Trinajstić information content (AvgIpc) is 2.66. The van der Waals surface area contributed by atoms with Crippen LogP contribution in [0.15, 0.2) is 18.2 Å². The molecule has 2 bridgehead atoms. The van der Waals surface area contributed by atoms with Gasteiger partial charge in [0.2, 0.25) is 0 Å². The largest absolute Gasteiger partial charge is 0.534 e. The number of benzene rings is 1. The molecule has 3 atom stereocenters. The number of methoxy groups -OCH3 is 1. The van der Waals surface area contributed by atoms with Crippen LogP contribution >= 0.6 is 0 Å². The molecule has 0 radical (unpaired) electrons. The van der Waals surface area contributed by atoms with Crippen LogP contribution in [0.4, 0.5) is 13.2 Å². The Bertz CT molecular complexity index is 873. The molecule has 1 heterocycles. The lowest BCUT2D eigenvalue weighted by Crippen LogP contribution is -2.61. The summed E-state index contributed by atoms with van der Waals surface area (Å²) in [5.74, 6) is 0.170. The normalized spacial score (nSPS) is 29.8. The van der Waals surface area contributed by atoms with Gasteiger partial charge in [-0.3, -0.25) is 4.90 Å². The molecule has 162 valence electrons. The molecule has 1 saturated heterocycles. The zero-order valence-electron chi connectivity index (χ0n) is 16.4. The Morgan fingerprint density at radius 2 is 2.03 bits per heavy atom. The van der Waals surface area contributed by atoms with Gasteiger partial charge in [-0.25, -0.2) is 0 Å². The minimum Gasteiger partial charge on any atom is -0.383 e. The van der Waals surface area contributed by atoms with Gasteiger partial charge in [0.05, 0.1) is 6.61 Å². The van der Waals surface area contributed by atoms with Crippen LogP contribution in [-0.4, -0.2) is 51.7 Å². The van der Waals surface area contributed by atoms with Crippen molar-refractivity contribution >= 4 is 10.1 Å². The second-order valence-corrected chi connectivity index (χ2v) is 9.90. The molecule has 0 aromatic heterocycles. The van der Waals surface area contributed by atoms with Crippen LogP contribution in [0.5, 0.6) is 5.75 Å². The lowest BCUT2D eigenvalue weighted by Gasteiger charge is -2.59. The number of halogens is 3. The van der Waals surface area contributed by atoms with Crippen molar-refractivity contribution < 1.29 is 30.5 Å². The number of fused-ring (bicyclic) bond motifs is 1. The van der Waals surface area contributed by atoms with Gasteiger partial charge in [-0.1, -0.05) is 18.9 Å². The molecule has 1 saturated carbocycles. The third-order valence-electron chi connectivity index (χ3n) is 7.00. The zero-order chi connectivity index (χ0) is 20.9. The van der Waals surface area contributed by atoms with E-state index in [0.717, 1.165) is 62.7 Å². The van der Waals surface area contributed by atoms with Crippen molar-refractivity contribution in [2.75, 3.05) is 26.8 Å². The number of piperidine rings is 1. The standard InChI is InChI=1S/C20H26F3NO4S/c1-27-11-10-24-9-8-19-7-3-2-4-16(19)18(24)12-14-5-6-15(13-17(14)19)28-29(25,26)20(21,22)23/h5-6,13,16,18H,2-4,7-12H2,1H3/t16-,18+,19+/m0/s1. The number of nitrogens with zero attached hydrogens (tertiary/aromatic N) is 1. The van der Waals surface area contributed by atoms with Crippen molar-refractivity contribution in [1.82, 2.24) is 4.90 Å². The molecule has 0 spiro atoms. The van der Waals surface area contributed by atoms with Crippen LogP contribution in [0.2, 0.25) is 0 Å². The first-order chi connectivity index (χ1) is 13.7. The summed E-state index contributed by atoms with van der Waals surface area (Å²) in [6, 6.07) is 5.03. The topological polar surface area (TPSA) is 55.8 Å². The van der Waals surface area contributed by atoms with Gasteiger partial charge in [0, 0.05) is 25.1 Å². The molecule has 1 aromatic rings. The molecule has 2 aliphatic carbocycles.